The van der Waals surface area contributed by atoms with Crippen LogP contribution in [0.15, 0.2) is 36.5 Å². The maximum Gasteiger partial charge on any atom is 0.329 e. The van der Waals surface area contributed by atoms with Crippen LogP contribution in [0.1, 0.15) is 44.4 Å². The maximum atomic E-state index is 12.4. The predicted molar refractivity (Wildman–Crippen MR) is 98.7 cm³/mol. The zero-order valence-corrected chi connectivity index (χ0v) is 15.5. The highest BCUT2D eigenvalue weighted by Crippen LogP contribution is 2.36. The van der Waals surface area contributed by atoms with Crippen LogP contribution in [0.3, 0.4) is 0 Å². The van der Waals surface area contributed by atoms with Crippen LogP contribution >= 0.6 is 0 Å². The molecule has 140 valence electrons. The Kier molecular flexibility index (Phi) is 4.11. The molecule has 0 radical (unpaired) electrons. The summed E-state index contributed by atoms with van der Waals surface area (Å²) in [6, 6.07) is 8.70. The number of benzene rings is 1. The molecule has 0 bridgehead atoms. The van der Waals surface area contributed by atoms with E-state index in [-0.39, 0.29) is 12.0 Å². The number of anilines is 1. The molecule has 1 fully saturated rings. The van der Waals surface area contributed by atoms with Crippen LogP contribution in [0.4, 0.5) is 10.5 Å². The molecule has 0 unspecified atom stereocenters. The van der Waals surface area contributed by atoms with Gasteiger partial charge in [0.2, 0.25) is 5.88 Å². The number of rotatable bonds is 4. The number of imide groups is 1. The van der Waals surface area contributed by atoms with E-state index in [1.165, 1.54) is 11.8 Å². The number of urea groups is 1. The average molecular weight is 367 g/mol. The van der Waals surface area contributed by atoms with Crippen molar-refractivity contribution in [3.05, 3.63) is 47.7 Å². The summed E-state index contributed by atoms with van der Waals surface area (Å²) in [7, 11) is 0. The van der Waals surface area contributed by atoms with Crippen molar-refractivity contribution >= 4 is 17.6 Å². The largest absolute Gasteiger partial charge is 0.439 e. The molecule has 0 saturated carbocycles. The fourth-order valence-corrected chi connectivity index (χ4v) is 3.35. The van der Waals surface area contributed by atoms with Crippen LogP contribution in [0, 0.1) is 0 Å². The van der Waals surface area contributed by atoms with Gasteiger partial charge in [-0.05, 0) is 49.6 Å². The molecule has 3 heterocycles. The lowest BCUT2D eigenvalue weighted by Gasteiger charge is -2.16. The highest BCUT2D eigenvalue weighted by atomic mass is 16.5. The fraction of sp³-hybridized carbons (Fsp3) is 0.350. The molecule has 4 rings (SSSR count). The van der Waals surface area contributed by atoms with Crippen molar-refractivity contribution in [2.45, 2.75) is 45.4 Å². The first-order valence-electron chi connectivity index (χ1n) is 8.94. The van der Waals surface area contributed by atoms with Crippen molar-refractivity contribution in [1.82, 2.24) is 10.3 Å². The minimum absolute atomic E-state index is 0.0990. The number of amides is 3. The molecule has 2 aliphatic rings. The van der Waals surface area contributed by atoms with E-state index in [9.17, 15) is 9.59 Å². The summed E-state index contributed by atoms with van der Waals surface area (Å²) in [6.45, 7) is 6.05. The van der Waals surface area contributed by atoms with Gasteiger partial charge in [0, 0.05) is 6.07 Å². The Morgan fingerprint density at radius 3 is 2.74 bits per heavy atom. The second-order valence-corrected chi connectivity index (χ2v) is 7.22. The summed E-state index contributed by atoms with van der Waals surface area (Å²) < 4.78 is 11.6. The van der Waals surface area contributed by atoms with Crippen molar-refractivity contribution in [1.29, 1.82) is 0 Å². The number of hydrogen-bond donors (Lipinski definition) is 1. The molecule has 1 N–H and O–H groups in total. The van der Waals surface area contributed by atoms with E-state index in [1.807, 2.05) is 18.2 Å². The SMILES string of the molecule is CC[C@@H]1OCc2ccc(Oc3ccc(N4C(=O)NC(C)(C)C4=O)cn3)cc21. The minimum Gasteiger partial charge on any atom is -0.439 e. The Morgan fingerprint density at radius 2 is 2.11 bits per heavy atom. The monoisotopic (exact) mass is 367 g/mol. The van der Waals surface area contributed by atoms with Gasteiger partial charge < -0.3 is 14.8 Å². The first kappa shape index (κ1) is 17.5. The molecule has 2 aliphatic heterocycles. The zero-order chi connectivity index (χ0) is 19.2. The van der Waals surface area contributed by atoms with Gasteiger partial charge >= 0.3 is 6.03 Å². The standard InChI is InChI=1S/C20H21N3O4/c1-4-16-15-9-14(7-5-12(15)11-26-16)27-17-8-6-13(10-21-17)23-18(24)20(2,3)22-19(23)25/h5-10,16H,4,11H2,1-3H3,(H,22,25)/t16-/m0/s1. The molecule has 0 spiro atoms. The van der Waals surface area contributed by atoms with Gasteiger partial charge in [0.1, 0.15) is 11.3 Å². The van der Waals surface area contributed by atoms with Crippen molar-refractivity contribution < 1.29 is 19.1 Å². The second-order valence-electron chi connectivity index (χ2n) is 7.22. The van der Waals surface area contributed by atoms with E-state index >= 15 is 0 Å². The highest BCUT2D eigenvalue weighted by molar-refractivity contribution is 6.22. The van der Waals surface area contributed by atoms with Crippen LogP contribution in [-0.2, 0) is 16.1 Å². The molecule has 1 atom stereocenters. The Morgan fingerprint density at radius 1 is 1.30 bits per heavy atom. The topological polar surface area (TPSA) is 80.8 Å². The van der Waals surface area contributed by atoms with Gasteiger partial charge in [0.05, 0.1) is 24.6 Å². The van der Waals surface area contributed by atoms with Gasteiger partial charge in [-0.2, -0.15) is 0 Å². The van der Waals surface area contributed by atoms with Crippen LogP contribution in [0.25, 0.3) is 0 Å². The second kappa shape index (κ2) is 6.35. The number of carbonyl (C=O) groups excluding carboxylic acids is 2. The molecule has 1 aromatic carbocycles. The van der Waals surface area contributed by atoms with Gasteiger partial charge in [0.25, 0.3) is 5.91 Å². The number of ether oxygens (including phenoxy) is 2. The molecule has 0 aliphatic carbocycles. The lowest BCUT2D eigenvalue weighted by atomic mass is 10.0. The Hall–Kier alpha value is -2.93. The number of nitrogens with one attached hydrogen (secondary N) is 1. The number of carbonyl (C=O) groups is 2. The van der Waals surface area contributed by atoms with E-state index in [0.717, 1.165) is 16.9 Å². The molecule has 7 nitrogen and oxygen atoms in total. The van der Waals surface area contributed by atoms with E-state index in [1.54, 1.807) is 26.0 Å². The number of pyridine rings is 1. The number of fused-ring (bicyclic) bond motifs is 1. The summed E-state index contributed by atoms with van der Waals surface area (Å²) in [6.07, 6.45) is 2.47. The summed E-state index contributed by atoms with van der Waals surface area (Å²) in [5.41, 5.74) is 1.81. The maximum absolute atomic E-state index is 12.4. The van der Waals surface area contributed by atoms with Crippen molar-refractivity contribution in [3.63, 3.8) is 0 Å². The smallest absolute Gasteiger partial charge is 0.329 e. The predicted octanol–water partition coefficient (Wildman–Crippen LogP) is 3.69. The fourth-order valence-electron chi connectivity index (χ4n) is 3.35. The summed E-state index contributed by atoms with van der Waals surface area (Å²) in [5.74, 6) is 0.748. The van der Waals surface area contributed by atoms with Crippen LogP contribution in [-0.4, -0.2) is 22.5 Å². The lowest BCUT2D eigenvalue weighted by molar-refractivity contribution is -0.121. The minimum atomic E-state index is -0.922. The van der Waals surface area contributed by atoms with Gasteiger partial charge in [0.15, 0.2) is 0 Å². The Balaban J connectivity index is 1.52. The first-order chi connectivity index (χ1) is 12.9. The summed E-state index contributed by atoms with van der Waals surface area (Å²) >= 11 is 0. The molecule has 7 heteroatoms. The lowest BCUT2D eigenvalue weighted by Crippen LogP contribution is -2.40. The van der Waals surface area contributed by atoms with E-state index in [4.69, 9.17) is 9.47 Å². The van der Waals surface area contributed by atoms with E-state index in [0.29, 0.717) is 23.9 Å². The third-order valence-corrected chi connectivity index (χ3v) is 4.84. The zero-order valence-electron chi connectivity index (χ0n) is 15.5. The normalized spacial score (nSPS) is 20.6. The number of aromatic nitrogens is 1. The van der Waals surface area contributed by atoms with E-state index < -0.39 is 11.6 Å². The molecule has 27 heavy (non-hydrogen) atoms. The van der Waals surface area contributed by atoms with Crippen LogP contribution < -0.4 is 15.0 Å². The number of hydrogen-bond acceptors (Lipinski definition) is 5. The van der Waals surface area contributed by atoms with Gasteiger partial charge in [-0.25, -0.2) is 14.7 Å². The van der Waals surface area contributed by atoms with Gasteiger partial charge in [-0.3, -0.25) is 4.79 Å². The van der Waals surface area contributed by atoms with Crippen molar-refractivity contribution in [2.75, 3.05) is 4.90 Å². The van der Waals surface area contributed by atoms with Crippen LogP contribution in [0.5, 0.6) is 11.6 Å². The quantitative estimate of drug-likeness (QED) is 0.834. The van der Waals surface area contributed by atoms with Crippen molar-refractivity contribution in [2.24, 2.45) is 0 Å². The van der Waals surface area contributed by atoms with E-state index in [2.05, 4.69) is 17.2 Å². The molecule has 2 aromatic rings. The third kappa shape index (κ3) is 3.04. The molecular formula is C20H21N3O4. The molecule has 3 amide bonds. The van der Waals surface area contributed by atoms with Crippen LogP contribution in [0.2, 0.25) is 0 Å². The highest BCUT2D eigenvalue weighted by Gasteiger charge is 2.45. The van der Waals surface area contributed by atoms with Gasteiger partial charge in [-0.1, -0.05) is 13.0 Å². The molecule has 1 aromatic heterocycles. The Labute approximate surface area is 157 Å². The Bertz CT molecular complexity index is 908. The molecule has 1 saturated heterocycles. The van der Waals surface area contributed by atoms with Crippen molar-refractivity contribution in [3.8, 4) is 11.6 Å². The van der Waals surface area contributed by atoms with Gasteiger partial charge in [-0.15, -0.1) is 0 Å². The number of nitrogens with zero attached hydrogens (tertiary/aromatic N) is 2. The summed E-state index contributed by atoms with van der Waals surface area (Å²) in [5, 5.41) is 2.65. The third-order valence-electron chi connectivity index (χ3n) is 4.84. The average Bonchev–Trinajstić information content (AvgIpc) is 3.13. The molecular weight excluding hydrogens is 346 g/mol. The first-order valence-corrected chi connectivity index (χ1v) is 8.94. The summed E-state index contributed by atoms with van der Waals surface area (Å²) in [4.78, 5) is 29.8.